The second-order valence-corrected chi connectivity index (χ2v) is 9.14. The number of aryl methyl sites for hydroxylation is 1. The minimum atomic E-state index is -0.0526. The summed E-state index contributed by atoms with van der Waals surface area (Å²) in [6.45, 7) is 3.03. The largest absolute Gasteiger partial charge is 0.496 e. The van der Waals surface area contributed by atoms with E-state index in [2.05, 4.69) is 39.2 Å². The number of aromatic nitrogens is 1. The van der Waals surface area contributed by atoms with Crippen LogP contribution in [-0.4, -0.2) is 54.9 Å². The Morgan fingerprint density at radius 3 is 2.70 bits per heavy atom. The van der Waals surface area contributed by atoms with Crippen molar-refractivity contribution in [3.63, 3.8) is 0 Å². The van der Waals surface area contributed by atoms with E-state index in [0.717, 1.165) is 73.3 Å². The van der Waals surface area contributed by atoms with Crippen LogP contribution in [0.2, 0.25) is 0 Å². The van der Waals surface area contributed by atoms with Crippen molar-refractivity contribution in [1.29, 1.82) is 0 Å². The molecule has 6 heteroatoms. The van der Waals surface area contributed by atoms with Crippen LogP contribution < -0.4 is 10.1 Å². The van der Waals surface area contributed by atoms with Crippen LogP contribution in [0.15, 0.2) is 42.6 Å². The second-order valence-electron chi connectivity index (χ2n) is 9.14. The van der Waals surface area contributed by atoms with E-state index in [4.69, 9.17) is 4.74 Å². The number of piperidine rings is 1. The highest BCUT2D eigenvalue weighted by atomic mass is 16.5. The van der Waals surface area contributed by atoms with Gasteiger partial charge in [0.1, 0.15) is 5.75 Å². The SMILES string of the molecule is CNC(=O)c1ccc2ccn(C3CCN(CCc4cc5c(cc4OC)CCC5=O)CC3)c2c1. The molecule has 2 aromatic carbocycles. The molecule has 1 saturated heterocycles. The summed E-state index contributed by atoms with van der Waals surface area (Å²) in [4.78, 5) is 26.7. The molecule has 0 spiro atoms. The minimum Gasteiger partial charge on any atom is -0.496 e. The summed E-state index contributed by atoms with van der Waals surface area (Å²) in [6, 6.07) is 12.6. The van der Waals surface area contributed by atoms with Crippen LogP contribution >= 0.6 is 0 Å². The van der Waals surface area contributed by atoms with Gasteiger partial charge in [0.25, 0.3) is 5.91 Å². The predicted octanol–water partition coefficient (Wildman–Crippen LogP) is 4.02. The Labute approximate surface area is 194 Å². The molecule has 3 aromatic rings. The maximum atomic E-state index is 12.2. The lowest BCUT2D eigenvalue weighted by molar-refractivity contribution is 0.0961. The van der Waals surface area contributed by atoms with Crippen molar-refractivity contribution in [3.05, 3.63) is 64.8 Å². The molecule has 33 heavy (non-hydrogen) atoms. The molecular weight excluding hydrogens is 414 g/mol. The first-order valence-electron chi connectivity index (χ1n) is 11.9. The summed E-state index contributed by atoms with van der Waals surface area (Å²) in [5, 5.41) is 3.88. The Morgan fingerprint density at radius 2 is 1.94 bits per heavy atom. The topological polar surface area (TPSA) is 63.6 Å². The number of benzene rings is 2. The van der Waals surface area contributed by atoms with Crippen molar-refractivity contribution < 1.29 is 14.3 Å². The normalized spacial score (nSPS) is 16.8. The number of likely N-dealkylation sites (tertiary alicyclic amines) is 1. The van der Waals surface area contributed by atoms with Crippen LogP contribution in [0.25, 0.3) is 10.9 Å². The van der Waals surface area contributed by atoms with Crippen molar-refractivity contribution in [1.82, 2.24) is 14.8 Å². The van der Waals surface area contributed by atoms with E-state index in [9.17, 15) is 9.59 Å². The number of rotatable bonds is 6. The van der Waals surface area contributed by atoms with Gasteiger partial charge in [-0.2, -0.15) is 0 Å². The average Bonchev–Trinajstić information content (AvgIpc) is 3.44. The molecule has 1 aliphatic heterocycles. The molecule has 1 aliphatic carbocycles. The summed E-state index contributed by atoms with van der Waals surface area (Å²) < 4.78 is 7.97. The molecule has 0 radical (unpaired) electrons. The van der Waals surface area contributed by atoms with Gasteiger partial charge in [0.15, 0.2) is 5.78 Å². The van der Waals surface area contributed by atoms with Crippen molar-refractivity contribution in [2.24, 2.45) is 0 Å². The van der Waals surface area contributed by atoms with Crippen molar-refractivity contribution in [2.75, 3.05) is 33.8 Å². The molecule has 172 valence electrons. The van der Waals surface area contributed by atoms with Gasteiger partial charge in [-0.05, 0) is 72.5 Å². The van der Waals surface area contributed by atoms with E-state index in [1.165, 1.54) is 5.39 Å². The summed E-state index contributed by atoms with van der Waals surface area (Å²) >= 11 is 0. The number of fused-ring (bicyclic) bond motifs is 2. The lowest BCUT2D eigenvalue weighted by Gasteiger charge is -2.33. The predicted molar refractivity (Wildman–Crippen MR) is 129 cm³/mol. The van der Waals surface area contributed by atoms with Crippen LogP contribution in [0.4, 0.5) is 0 Å². The molecule has 5 rings (SSSR count). The minimum absolute atomic E-state index is 0.0526. The third kappa shape index (κ3) is 4.15. The highest BCUT2D eigenvalue weighted by Gasteiger charge is 2.24. The maximum Gasteiger partial charge on any atom is 0.251 e. The fraction of sp³-hybridized carbons (Fsp3) is 0.407. The van der Waals surface area contributed by atoms with E-state index in [-0.39, 0.29) is 11.7 Å². The zero-order chi connectivity index (χ0) is 22.9. The Morgan fingerprint density at radius 1 is 1.12 bits per heavy atom. The van der Waals surface area contributed by atoms with E-state index >= 15 is 0 Å². The molecule has 2 heterocycles. The standard InChI is InChI=1S/C27H31N3O3/c1-28-27(32)21-4-3-18-8-14-30(24(18)16-21)22-9-12-29(13-10-22)11-7-20-15-23-19(5-6-25(23)31)17-26(20)33-2/h3-4,8,14-17,22H,5-7,9-13H2,1-2H3,(H,28,32). The summed E-state index contributed by atoms with van der Waals surface area (Å²) in [5.41, 5.74) is 4.97. The van der Waals surface area contributed by atoms with Crippen LogP contribution in [0, 0.1) is 0 Å². The average molecular weight is 446 g/mol. The van der Waals surface area contributed by atoms with Gasteiger partial charge in [0.2, 0.25) is 0 Å². The van der Waals surface area contributed by atoms with E-state index in [0.29, 0.717) is 18.0 Å². The zero-order valence-electron chi connectivity index (χ0n) is 19.4. The number of amides is 1. The summed E-state index contributed by atoms with van der Waals surface area (Å²) in [5.74, 6) is 1.11. The van der Waals surface area contributed by atoms with Crippen molar-refractivity contribution >= 4 is 22.6 Å². The molecule has 0 unspecified atom stereocenters. The monoisotopic (exact) mass is 445 g/mol. The fourth-order valence-corrected chi connectivity index (χ4v) is 5.35. The first-order chi connectivity index (χ1) is 16.1. The molecule has 0 saturated carbocycles. The van der Waals surface area contributed by atoms with Gasteiger partial charge in [-0.15, -0.1) is 0 Å². The van der Waals surface area contributed by atoms with Gasteiger partial charge in [-0.1, -0.05) is 6.07 Å². The Bertz CT molecular complexity index is 1200. The maximum absolute atomic E-state index is 12.2. The number of nitrogens with one attached hydrogen (secondary N) is 1. The number of carbonyl (C=O) groups excluding carboxylic acids is 2. The van der Waals surface area contributed by atoms with Crippen molar-refractivity contribution in [2.45, 2.75) is 38.1 Å². The van der Waals surface area contributed by atoms with Gasteiger partial charge in [0.05, 0.1) is 7.11 Å². The van der Waals surface area contributed by atoms with Gasteiger partial charge in [-0.3, -0.25) is 9.59 Å². The number of nitrogens with zero attached hydrogens (tertiary/aromatic N) is 2. The van der Waals surface area contributed by atoms with E-state index in [1.54, 1.807) is 14.2 Å². The molecule has 6 nitrogen and oxygen atoms in total. The van der Waals surface area contributed by atoms with Crippen LogP contribution in [0.3, 0.4) is 0 Å². The molecular formula is C27H31N3O3. The Kier molecular flexibility index (Phi) is 5.94. The Hall–Kier alpha value is -3.12. The quantitative estimate of drug-likeness (QED) is 0.623. The third-order valence-corrected chi connectivity index (χ3v) is 7.29. The number of Topliss-reactive ketones (excluding diaryl/α,β-unsaturated/α-hetero) is 1. The zero-order valence-corrected chi connectivity index (χ0v) is 19.4. The number of ketones is 1. The molecule has 1 aromatic heterocycles. The van der Waals surface area contributed by atoms with Gasteiger partial charge >= 0.3 is 0 Å². The number of ether oxygens (including phenoxy) is 1. The molecule has 0 atom stereocenters. The number of methoxy groups -OCH3 is 1. The smallest absolute Gasteiger partial charge is 0.251 e. The van der Waals surface area contributed by atoms with Crippen LogP contribution in [0.1, 0.15) is 57.1 Å². The third-order valence-electron chi connectivity index (χ3n) is 7.29. The van der Waals surface area contributed by atoms with Crippen LogP contribution in [0.5, 0.6) is 5.75 Å². The highest BCUT2D eigenvalue weighted by Crippen LogP contribution is 2.32. The van der Waals surface area contributed by atoms with E-state index < -0.39 is 0 Å². The molecule has 1 fully saturated rings. The second kappa shape index (κ2) is 9.02. The number of carbonyl (C=O) groups is 2. The molecule has 2 aliphatic rings. The Balaban J connectivity index is 1.24. The molecule has 0 bridgehead atoms. The van der Waals surface area contributed by atoms with Crippen LogP contribution in [-0.2, 0) is 12.8 Å². The number of hydrogen-bond acceptors (Lipinski definition) is 4. The summed E-state index contributed by atoms with van der Waals surface area (Å²) in [7, 11) is 3.38. The first-order valence-corrected chi connectivity index (χ1v) is 11.9. The fourth-order valence-electron chi connectivity index (χ4n) is 5.35. The highest BCUT2D eigenvalue weighted by molar-refractivity contribution is 6.01. The lowest BCUT2D eigenvalue weighted by atomic mass is 10.0. The summed E-state index contributed by atoms with van der Waals surface area (Å²) in [6.07, 6.45) is 6.65. The lowest BCUT2D eigenvalue weighted by Crippen LogP contribution is -2.35. The van der Waals surface area contributed by atoms with Crippen molar-refractivity contribution in [3.8, 4) is 5.75 Å². The van der Waals surface area contributed by atoms with E-state index in [1.807, 2.05) is 18.2 Å². The van der Waals surface area contributed by atoms with Gasteiger partial charge in [0, 0.05) is 62.0 Å². The molecule has 1 amide bonds. The molecule has 1 N–H and O–H groups in total. The van der Waals surface area contributed by atoms with Gasteiger partial charge in [-0.25, -0.2) is 0 Å². The number of hydrogen-bond donors (Lipinski definition) is 1. The first kappa shape index (κ1) is 21.7. The van der Waals surface area contributed by atoms with Gasteiger partial charge < -0.3 is 19.5 Å².